The molecular formula is C13H25NO4. The average Bonchev–Trinajstić information content (AvgIpc) is 2.28. The molecule has 106 valence electrons. The van der Waals surface area contributed by atoms with Crippen molar-refractivity contribution in [2.75, 3.05) is 0 Å². The third kappa shape index (κ3) is 8.06. The standard InChI is InChI=1S/C13H25NO4/c1-2-3-4-7-10(14)8-5-6-9-11(12(15)16)13(17)18/h10-11H,2-9,14H2,1H3,(H,15,16)(H,17,18). The summed E-state index contributed by atoms with van der Waals surface area (Å²) in [5.41, 5.74) is 5.92. The van der Waals surface area contributed by atoms with Crippen molar-refractivity contribution < 1.29 is 19.8 Å². The quantitative estimate of drug-likeness (QED) is 0.390. The van der Waals surface area contributed by atoms with Gasteiger partial charge < -0.3 is 15.9 Å². The first-order valence-corrected chi connectivity index (χ1v) is 6.70. The number of carbonyl (C=O) groups is 2. The summed E-state index contributed by atoms with van der Waals surface area (Å²) in [7, 11) is 0. The number of nitrogens with two attached hydrogens (primary N) is 1. The van der Waals surface area contributed by atoms with Gasteiger partial charge in [0.05, 0.1) is 0 Å². The molecule has 18 heavy (non-hydrogen) atoms. The minimum absolute atomic E-state index is 0.157. The molecule has 0 aliphatic heterocycles. The van der Waals surface area contributed by atoms with Gasteiger partial charge in [0.15, 0.2) is 5.92 Å². The van der Waals surface area contributed by atoms with E-state index in [1.165, 1.54) is 12.8 Å². The van der Waals surface area contributed by atoms with E-state index < -0.39 is 17.9 Å². The largest absolute Gasteiger partial charge is 0.481 e. The highest BCUT2D eigenvalue weighted by atomic mass is 16.4. The zero-order valence-electron chi connectivity index (χ0n) is 11.1. The third-order valence-electron chi connectivity index (χ3n) is 3.09. The molecule has 0 aliphatic rings. The highest BCUT2D eigenvalue weighted by molar-refractivity contribution is 5.92. The first-order chi connectivity index (χ1) is 8.49. The SMILES string of the molecule is CCCCCC(N)CCCCC(C(=O)O)C(=O)O. The molecule has 0 saturated carbocycles. The Morgan fingerprint density at radius 2 is 1.39 bits per heavy atom. The van der Waals surface area contributed by atoms with E-state index in [4.69, 9.17) is 15.9 Å². The fourth-order valence-corrected chi connectivity index (χ4v) is 1.91. The van der Waals surface area contributed by atoms with Crippen LogP contribution in [0.15, 0.2) is 0 Å². The molecule has 0 radical (unpaired) electrons. The highest BCUT2D eigenvalue weighted by Gasteiger charge is 2.24. The summed E-state index contributed by atoms with van der Waals surface area (Å²) in [4.78, 5) is 21.3. The van der Waals surface area contributed by atoms with Crippen molar-refractivity contribution >= 4 is 11.9 Å². The number of hydrogen-bond donors (Lipinski definition) is 3. The van der Waals surface area contributed by atoms with Crippen LogP contribution in [-0.2, 0) is 9.59 Å². The molecule has 4 N–H and O–H groups in total. The topological polar surface area (TPSA) is 101 Å². The summed E-state index contributed by atoms with van der Waals surface area (Å²) in [6.45, 7) is 2.14. The summed E-state index contributed by atoms with van der Waals surface area (Å²) < 4.78 is 0. The normalized spacial score (nSPS) is 12.6. The minimum atomic E-state index is -1.28. The second kappa shape index (κ2) is 9.88. The van der Waals surface area contributed by atoms with Crippen molar-refractivity contribution in [2.45, 2.75) is 64.3 Å². The van der Waals surface area contributed by atoms with E-state index in [-0.39, 0.29) is 12.5 Å². The molecule has 0 rings (SSSR count). The molecule has 0 fully saturated rings. The van der Waals surface area contributed by atoms with Crippen molar-refractivity contribution in [3.63, 3.8) is 0 Å². The molecular weight excluding hydrogens is 234 g/mol. The molecule has 5 nitrogen and oxygen atoms in total. The van der Waals surface area contributed by atoms with Crippen LogP contribution in [0.2, 0.25) is 0 Å². The van der Waals surface area contributed by atoms with Crippen LogP contribution in [0.3, 0.4) is 0 Å². The fourth-order valence-electron chi connectivity index (χ4n) is 1.91. The maximum absolute atomic E-state index is 10.6. The van der Waals surface area contributed by atoms with Crippen LogP contribution in [0.1, 0.15) is 58.3 Å². The highest BCUT2D eigenvalue weighted by Crippen LogP contribution is 2.13. The molecule has 1 unspecified atom stereocenters. The Hall–Kier alpha value is -1.10. The van der Waals surface area contributed by atoms with Crippen molar-refractivity contribution in [1.82, 2.24) is 0 Å². The Kier molecular flexibility index (Phi) is 9.28. The van der Waals surface area contributed by atoms with Crippen LogP contribution in [-0.4, -0.2) is 28.2 Å². The summed E-state index contributed by atoms with van der Waals surface area (Å²) in [5, 5.41) is 17.4. The van der Waals surface area contributed by atoms with E-state index in [9.17, 15) is 9.59 Å². The molecule has 0 amide bonds. The average molecular weight is 259 g/mol. The molecule has 0 saturated heterocycles. The first kappa shape index (κ1) is 16.9. The predicted octanol–water partition coefficient (Wildman–Crippen LogP) is 2.24. The van der Waals surface area contributed by atoms with Gasteiger partial charge >= 0.3 is 11.9 Å². The van der Waals surface area contributed by atoms with Gasteiger partial charge in [0.25, 0.3) is 0 Å². The van der Waals surface area contributed by atoms with Crippen molar-refractivity contribution in [1.29, 1.82) is 0 Å². The van der Waals surface area contributed by atoms with Crippen LogP contribution in [0, 0.1) is 5.92 Å². The lowest BCUT2D eigenvalue weighted by Crippen LogP contribution is -2.23. The van der Waals surface area contributed by atoms with E-state index in [1.807, 2.05) is 0 Å². The van der Waals surface area contributed by atoms with E-state index in [0.717, 1.165) is 25.7 Å². The Morgan fingerprint density at radius 3 is 1.83 bits per heavy atom. The van der Waals surface area contributed by atoms with E-state index in [1.54, 1.807) is 0 Å². The van der Waals surface area contributed by atoms with Gasteiger partial charge in [-0.1, -0.05) is 39.0 Å². The van der Waals surface area contributed by atoms with Crippen LogP contribution < -0.4 is 5.73 Å². The molecule has 0 aliphatic carbocycles. The monoisotopic (exact) mass is 259 g/mol. The zero-order chi connectivity index (χ0) is 14.0. The Morgan fingerprint density at radius 1 is 0.944 bits per heavy atom. The molecule has 0 bridgehead atoms. The maximum atomic E-state index is 10.6. The summed E-state index contributed by atoms with van der Waals surface area (Å²) in [6, 6.07) is 0.157. The number of hydrogen-bond acceptors (Lipinski definition) is 3. The van der Waals surface area contributed by atoms with E-state index in [2.05, 4.69) is 6.92 Å². The summed E-state index contributed by atoms with van der Waals surface area (Å²) in [5.74, 6) is -3.79. The molecule has 1 atom stereocenters. The number of carboxylic acids is 2. The maximum Gasteiger partial charge on any atom is 0.317 e. The molecule has 0 aromatic heterocycles. The second-order valence-electron chi connectivity index (χ2n) is 4.77. The molecule has 0 spiro atoms. The van der Waals surface area contributed by atoms with Crippen LogP contribution in [0.4, 0.5) is 0 Å². The molecule has 0 aromatic rings. The van der Waals surface area contributed by atoms with Gasteiger partial charge in [0.2, 0.25) is 0 Å². The number of unbranched alkanes of at least 4 members (excludes halogenated alkanes) is 3. The first-order valence-electron chi connectivity index (χ1n) is 6.70. The lowest BCUT2D eigenvalue weighted by Gasteiger charge is -2.11. The van der Waals surface area contributed by atoms with Crippen LogP contribution >= 0.6 is 0 Å². The summed E-state index contributed by atoms with van der Waals surface area (Å²) in [6.07, 6.45) is 6.91. The Balaban J connectivity index is 3.65. The molecule has 0 heterocycles. The van der Waals surface area contributed by atoms with Crippen molar-refractivity contribution in [3.8, 4) is 0 Å². The van der Waals surface area contributed by atoms with Gasteiger partial charge in [-0.2, -0.15) is 0 Å². The van der Waals surface area contributed by atoms with E-state index in [0.29, 0.717) is 6.42 Å². The smallest absolute Gasteiger partial charge is 0.317 e. The Bertz CT molecular complexity index is 241. The lowest BCUT2D eigenvalue weighted by molar-refractivity contribution is -0.154. The number of carboxylic acid groups (broad SMARTS) is 2. The molecule has 0 aromatic carbocycles. The summed E-state index contributed by atoms with van der Waals surface area (Å²) >= 11 is 0. The van der Waals surface area contributed by atoms with Gasteiger partial charge in [-0.25, -0.2) is 0 Å². The van der Waals surface area contributed by atoms with E-state index >= 15 is 0 Å². The van der Waals surface area contributed by atoms with Crippen molar-refractivity contribution in [3.05, 3.63) is 0 Å². The van der Waals surface area contributed by atoms with Gasteiger partial charge in [0, 0.05) is 6.04 Å². The van der Waals surface area contributed by atoms with Crippen molar-refractivity contribution in [2.24, 2.45) is 11.7 Å². The van der Waals surface area contributed by atoms with Gasteiger partial charge in [-0.15, -0.1) is 0 Å². The van der Waals surface area contributed by atoms with Gasteiger partial charge in [-0.3, -0.25) is 9.59 Å². The van der Waals surface area contributed by atoms with Crippen LogP contribution in [0.5, 0.6) is 0 Å². The zero-order valence-corrected chi connectivity index (χ0v) is 11.1. The minimum Gasteiger partial charge on any atom is -0.481 e. The number of rotatable bonds is 11. The Labute approximate surface area is 108 Å². The second-order valence-corrected chi connectivity index (χ2v) is 4.77. The molecule has 5 heteroatoms. The fraction of sp³-hybridized carbons (Fsp3) is 0.846. The predicted molar refractivity (Wildman–Crippen MR) is 69.3 cm³/mol. The van der Waals surface area contributed by atoms with Gasteiger partial charge in [0.1, 0.15) is 0 Å². The number of aliphatic carboxylic acids is 2. The van der Waals surface area contributed by atoms with Crippen LogP contribution in [0.25, 0.3) is 0 Å². The third-order valence-corrected chi connectivity index (χ3v) is 3.09. The van der Waals surface area contributed by atoms with Gasteiger partial charge in [-0.05, 0) is 19.3 Å². The lowest BCUT2D eigenvalue weighted by atomic mass is 9.98.